The maximum Gasteiger partial charge on any atom is 0.307 e. The standard InChI is InChI=1S/C28H29N3O2/c1-19(22-10-5-7-20(13-22)14-27(32)33)17-31-28(21-8-3-2-4-9-21)24-15-25-23(16-29)11-6-12-26(25)30-18-24/h2-13,19,24,28,30-31H,14-15,17-18H2,1H3,(H,32,33)/t19-,24-,28+/m0/s1. The lowest BCUT2D eigenvalue weighted by Crippen LogP contribution is -2.37. The molecule has 3 aromatic rings. The summed E-state index contributed by atoms with van der Waals surface area (Å²) in [6.45, 7) is 3.76. The van der Waals surface area contributed by atoms with Crippen molar-refractivity contribution in [2.24, 2.45) is 5.92 Å². The van der Waals surface area contributed by atoms with E-state index in [0.29, 0.717) is 5.92 Å². The molecule has 0 bridgehead atoms. The van der Waals surface area contributed by atoms with E-state index < -0.39 is 5.97 Å². The molecule has 1 heterocycles. The van der Waals surface area contributed by atoms with E-state index in [-0.39, 0.29) is 18.4 Å². The zero-order valence-corrected chi connectivity index (χ0v) is 18.8. The Labute approximate surface area is 195 Å². The van der Waals surface area contributed by atoms with E-state index in [0.717, 1.165) is 47.5 Å². The normalized spacial score (nSPS) is 16.7. The van der Waals surface area contributed by atoms with Crippen LogP contribution in [0.25, 0.3) is 0 Å². The smallest absolute Gasteiger partial charge is 0.307 e. The predicted octanol–water partition coefficient (Wildman–Crippen LogP) is 4.90. The van der Waals surface area contributed by atoms with Crippen molar-refractivity contribution in [1.29, 1.82) is 5.26 Å². The summed E-state index contributed by atoms with van der Waals surface area (Å²) in [7, 11) is 0. The maximum atomic E-state index is 11.1. The van der Waals surface area contributed by atoms with Crippen molar-refractivity contribution in [3.8, 4) is 6.07 Å². The van der Waals surface area contributed by atoms with Crippen LogP contribution in [0, 0.1) is 17.2 Å². The Kier molecular flexibility index (Phi) is 7.07. The van der Waals surface area contributed by atoms with Gasteiger partial charge in [-0.2, -0.15) is 5.26 Å². The number of nitrogens with one attached hydrogen (secondary N) is 2. The van der Waals surface area contributed by atoms with Crippen LogP contribution in [-0.4, -0.2) is 24.2 Å². The minimum Gasteiger partial charge on any atom is -0.481 e. The Morgan fingerprint density at radius 3 is 2.64 bits per heavy atom. The SMILES string of the molecule is C[C@@H](CN[C@H](c1ccccc1)[C@@H]1CNc2cccc(C#N)c2C1)c1cccc(CC(=O)O)c1. The number of carbonyl (C=O) groups is 1. The second-order valence-corrected chi connectivity index (χ2v) is 8.80. The van der Waals surface area contributed by atoms with E-state index in [2.05, 4.69) is 54.0 Å². The fraction of sp³-hybridized carbons (Fsp3) is 0.286. The number of benzene rings is 3. The van der Waals surface area contributed by atoms with Crippen LogP contribution in [0.15, 0.2) is 72.8 Å². The highest BCUT2D eigenvalue weighted by molar-refractivity contribution is 5.70. The highest BCUT2D eigenvalue weighted by Crippen LogP contribution is 2.34. The topological polar surface area (TPSA) is 85.1 Å². The molecule has 0 fully saturated rings. The number of hydrogen-bond donors (Lipinski definition) is 3. The summed E-state index contributed by atoms with van der Waals surface area (Å²) in [4.78, 5) is 11.1. The van der Waals surface area contributed by atoms with Gasteiger partial charge in [0.05, 0.1) is 18.1 Å². The van der Waals surface area contributed by atoms with E-state index in [4.69, 9.17) is 5.11 Å². The Morgan fingerprint density at radius 1 is 1.12 bits per heavy atom. The largest absolute Gasteiger partial charge is 0.481 e. The molecular formula is C28H29N3O2. The highest BCUT2D eigenvalue weighted by atomic mass is 16.4. The first-order valence-electron chi connectivity index (χ1n) is 11.4. The van der Waals surface area contributed by atoms with Gasteiger partial charge in [0.1, 0.15) is 0 Å². The maximum absolute atomic E-state index is 11.1. The average Bonchev–Trinajstić information content (AvgIpc) is 2.84. The summed E-state index contributed by atoms with van der Waals surface area (Å²) in [6.07, 6.45) is 0.871. The van der Waals surface area contributed by atoms with Crippen molar-refractivity contribution in [3.63, 3.8) is 0 Å². The molecule has 5 nitrogen and oxygen atoms in total. The van der Waals surface area contributed by atoms with Crippen molar-refractivity contribution in [2.45, 2.75) is 31.7 Å². The molecule has 0 saturated carbocycles. The molecule has 168 valence electrons. The Bertz CT molecular complexity index is 1150. The van der Waals surface area contributed by atoms with Gasteiger partial charge < -0.3 is 15.7 Å². The summed E-state index contributed by atoms with van der Waals surface area (Å²) in [5, 5.41) is 26.0. The summed E-state index contributed by atoms with van der Waals surface area (Å²) in [5.74, 6) is -0.299. The molecule has 3 N–H and O–H groups in total. The molecule has 0 aromatic heterocycles. The third-order valence-electron chi connectivity index (χ3n) is 6.47. The molecule has 3 aromatic carbocycles. The zero-order valence-electron chi connectivity index (χ0n) is 18.8. The van der Waals surface area contributed by atoms with E-state index in [1.165, 1.54) is 5.56 Å². The summed E-state index contributed by atoms with van der Waals surface area (Å²) < 4.78 is 0. The van der Waals surface area contributed by atoms with Gasteiger partial charge in [-0.05, 0) is 52.6 Å². The summed E-state index contributed by atoms with van der Waals surface area (Å²) >= 11 is 0. The van der Waals surface area contributed by atoms with Gasteiger partial charge in [0.25, 0.3) is 0 Å². The molecule has 5 heteroatoms. The number of carboxylic acid groups (broad SMARTS) is 1. The van der Waals surface area contributed by atoms with E-state index >= 15 is 0 Å². The van der Waals surface area contributed by atoms with Crippen LogP contribution < -0.4 is 10.6 Å². The fourth-order valence-electron chi connectivity index (χ4n) is 4.71. The predicted molar refractivity (Wildman–Crippen MR) is 130 cm³/mol. The summed E-state index contributed by atoms with van der Waals surface area (Å²) in [5.41, 5.74) is 6.07. The van der Waals surface area contributed by atoms with Gasteiger partial charge in [-0.15, -0.1) is 0 Å². The molecule has 0 spiro atoms. The molecule has 3 atom stereocenters. The van der Waals surface area contributed by atoms with Crippen molar-refractivity contribution < 1.29 is 9.90 Å². The number of nitriles is 1. The van der Waals surface area contributed by atoms with Crippen LogP contribution >= 0.6 is 0 Å². The van der Waals surface area contributed by atoms with Crippen LogP contribution in [0.2, 0.25) is 0 Å². The molecular weight excluding hydrogens is 410 g/mol. The first kappa shape index (κ1) is 22.6. The first-order chi connectivity index (χ1) is 16.0. The molecule has 0 saturated heterocycles. The van der Waals surface area contributed by atoms with Crippen LogP contribution in [0.5, 0.6) is 0 Å². The van der Waals surface area contributed by atoms with Crippen molar-refractivity contribution >= 4 is 11.7 Å². The number of rotatable bonds is 8. The third-order valence-corrected chi connectivity index (χ3v) is 6.47. The zero-order chi connectivity index (χ0) is 23.2. The molecule has 33 heavy (non-hydrogen) atoms. The number of hydrogen-bond acceptors (Lipinski definition) is 4. The minimum atomic E-state index is -0.816. The van der Waals surface area contributed by atoms with E-state index in [1.54, 1.807) is 0 Å². The first-order valence-corrected chi connectivity index (χ1v) is 11.4. The Morgan fingerprint density at radius 2 is 1.88 bits per heavy atom. The molecule has 0 radical (unpaired) electrons. The molecule has 0 aliphatic carbocycles. The second-order valence-electron chi connectivity index (χ2n) is 8.80. The third kappa shape index (κ3) is 5.42. The number of carboxylic acids is 1. The van der Waals surface area contributed by atoms with Crippen molar-refractivity contribution in [3.05, 3.63) is 101 Å². The highest BCUT2D eigenvalue weighted by Gasteiger charge is 2.29. The van der Waals surface area contributed by atoms with Gasteiger partial charge in [-0.1, -0.05) is 67.6 Å². The lowest BCUT2D eigenvalue weighted by Gasteiger charge is -2.34. The molecule has 1 aliphatic heterocycles. The molecule has 1 aliphatic rings. The van der Waals surface area contributed by atoms with Gasteiger partial charge in [-0.25, -0.2) is 0 Å². The van der Waals surface area contributed by atoms with Crippen molar-refractivity contribution in [2.75, 3.05) is 18.4 Å². The van der Waals surface area contributed by atoms with Crippen LogP contribution in [0.3, 0.4) is 0 Å². The van der Waals surface area contributed by atoms with Gasteiger partial charge in [0.15, 0.2) is 0 Å². The number of anilines is 1. The monoisotopic (exact) mass is 439 g/mol. The Balaban J connectivity index is 1.53. The average molecular weight is 440 g/mol. The quantitative estimate of drug-likeness (QED) is 0.465. The molecule has 4 rings (SSSR count). The van der Waals surface area contributed by atoms with Crippen molar-refractivity contribution in [1.82, 2.24) is 5.32 Å². The summed E-state index contributed by atoms with van der Waals surface area (Å²) in [6, 6.07) is 26.7. The van der Waals surface area contributed by atoms with Crippen LogP contribution in [-0.2, 0) is 17.6 Å². The van der Waals surface area contributed by atoms with Gasteiger partial charge in [0, 0.05) is 24.8 Å². The van der Waals surface area contributed by atoms with Crippen LogP contribution in [0.1, 0.15) is 46.7 Å². The van der Waals surface area contributed by atoms with E-state index in [9.17, 15) is 10.1 Å². The lowest BCUT2D eigenvalue weighted by atomic mass is 9.83. The van der Waals surface area contributed by atoms with Gasteiger partial charge in [-0.3, -0.25) is 4.79 Å². The second kappa shape index (κ2) is 10.3. The van der Waals surface area contributed by atoms with Gasteiger partial charge >= 0.3 is 5.97 Å². The lowest BCUT2D eigenvalue weighted by molar-refractivity contribution is -0.136. The van der Waals surface area contributed by atoms with E-state index in [1.807, 2.05) is 42.5 Å². The van der Waals surface area contributed by atoms with Gasteiger partial charge in [0.2, 0.25) is 0 Å². The minimum absolute atomic E-state index is 0.0367. The molecule has 0 unspecified atom stereocenters. The molecule has 0 amide bonds. The number of aliphatic carboxylic acids is 1. The van der Waals surface area contributed by atoms with Crippen LogP contribution in [0.4, 0.5) is 5.69 Å². The number of nitrogens with zero attached hydrogens (tertiary/aromatic N) is 1. The number of fused-ring (bicyclic) bond motifs is 1. The Hall–Kier alpha value is -3.62. The fourth-order valence-corrected chi connectivity index (χ4v) is 4.71.